The Kier molecular flexibility index (Phi) is 4.06. The van der Waals surface area contributed by atoms with Crippen molar-refractivity contribution in [2.24, 2.45) is 5.14 Å². The number of hydrogen-bond donors (Lipinski definition) is 2. The van der Waals surface area contributed by atoms with E-state index in [4.69, 9.17) is 5.14 Å². The maximum absolute atomic E-state index is 12.0. The minimum Gasteiger partial charge on any atom is -0.478 e. The average molecular weight is 335 g/mol. The van der Waals surface area contributed by atoms with Gasteiger partial charge in [0.05, 0.1) is 5.56 Å². The molecule has 2 aromatic rings. The number of ketones is 2. The number of sulfonamides is 1. The number of benzene rings is 2. The number of carbonyl (C=O) groups excluding carboxylic acids is 2. The molecule has 120 valence electrons. The van der Waals surface area contributed by atoms with Crippen LogP contribution in [-0.2, 0) is 10.0 Å². The van der Waals surface area contributed by atoms with Crippen molar-refractivity contribution in [2.75, 3.05) is 0 Å². The number of carboxylic acids is 1. The fraction of sp³-hybridized carbons (Fsp3) is 0.133. The molecule has 0 aliphatic heterocycles. The number of primary sulfonamides is 1. The summed E-state index contributed by atoms with van der Waals surface area (Å²) in [7, 11) is -4.37. The van der Waals surface area contributed by atoms with Crippen molar-refractivity contribution < 1.29 is 27.9 Å². The summed E-state index contributed by atoms with van der Waals surface area (Å²) in [6, 6.07) is 5.70. The maximum atomic E-state index is 12.0. The molecule has 7 nitrogen and oxygen atoms in total. The second-order valence-corrected chi connectivity index (χ2v) is 6.46. The van der Waals surface area contributed by atoms with Gasteiger partial charge in [-0.1, -0.05) is 24.3 Å². The highest BCUT2D eigenvalue weighted by atomic mass is 32.2. The van der Waals surface area contributed by atoms with E-state index in [2.05, 4.69) is 0 Å². The summed E-state index contributed by atoms with van der Waals surface area (Å²) < 4.78 is 24.0. The van der Waals surface area contributed by atoms with Crippen LogP contribution in [0.2, 0.25) is 0 Å². The summed E-state index contributed by atoms with van der Waals surface area (Å²) in [5.41, 5.74) is -1.35. The first-order chi connectivity index (χ1) is 10.6. The van der Waals surface area contributed by atoms with Crippen molar-refractivity contribution in [1.29, 1.82) is 0 Å². The van der Waals surface area contributed by atoms with Gasteiger partial charge in [-0.25, -0.2) is 18.4 Å². The fourth-order valence-corrected chi connectivity index (χ4v) is 3.63. The van der Waals surface area contributed by atoms with Crippen LogP contribution in [-0.4, -0.2) is 31.1 Å². The summed E-state index contributed by atoms with van der Waals surface area (Å²) in [4.78, 5) is 35.1. The lowest BCUT2D eigenvalue weighted by Gasteiger charge is -2.16. The van der Waals surface area contributed by atoms with Gasteiger partial charge < -0.3 is 5.11 Å². The van der Waals surface area contributed by atoms with Gasteiger partial charge in [-0.2, -0.15) is 0 Å². The van der Waals surface area contributed by atoms with E-state index in [0.717, 1.165) is 13.8 Å². The summed E-state index contributed by atoms with van der Waals surface area (Å²) in [6.07, 6.45) is 0. The summed E-state index contributed by atoms with van der Waals surface area (Å²) in [6.45, 7) is 2.12. The molecule has 0 aromatic heterocycles. The zero-order valence-corrected chi connectivity index (χ0v) is 13.1. The molecule has 0 fully saturated rings. The number of rotatable bonds is 4. The van der Waals surface area contributed by atoms with Gasteiger partial charge in [-0.05, 0) is 19.2 Å². The standard InChI is InChI=1S/C15H13NO6S/c1-7(17)11-12(8(2)18)14(23(16,21)22)10-6-4-3-5-9(10)13(11)15(19)20/h3-6H,1-2H3,(H,19,20)(H2,16,21,22). The molecule has 0 aliphatic rings. The first kappa shape index (κ1) is 16.8. The molecule has 0 saturated carbocycles. The minimum absolute atomic E-state index is 0.0115. The van der Waals surface area contributed by atoms with Gasteiger partial charge in [0, 0.05) is 16.5 Å². The van der Waals surface area contributed by atoms with Crippen molar-refractivity contribution >= 4 is 38.3 Å². The van der Waals surface area contributed by atoms with E-state index in [1.807, 2.05) is 0 Å². The quantitative estimate of drug-likeness (QED) is 0.816. The largest absolute Gasteiger partial charge is 0.478 e. The molecule has 0 unspecified atom stereocenters. The molecule has 0 atom stereocenters. The molecule has 2 rings (SSSR count). The molecule has 0 spiro atoms. The maximum Gasteiger partial charge on any atom is 0.337 e. The average Bonchev–Trinajstić information content (AvgIpc) is 2.42. The zero-order valence-electron chi connectivity index (χ0n) is 12.3. The molecule has 2 aromatic carbocycles. The van der Waals surface area contributed by atoms with Gasteiger partial charge in [0.2, 0.25) is 10.0 Å². The Hall–Kier alpha value is -2.58. The van der Waals surface area contributed by atoms with Crippen LogP contribution in [0.3, 0.4) is 0 Å². The number of nitrogens with two attached hydrogens (primary N) is 1. The predicted octanol–water partition coefficient (Wildman–Crippen LogP) is 1.59. The molecule has 0 radical (unpaired) electrons. The highest BCUT2D eigenvalue weighted by Crippen LogP contribution is 2.34. The first-order valence-electron chi connectivity index (χ1n) is 6.44. The third-order valence-corrected chi connectivity index (χ3v) is 4.36. The molecular formula is C15H13NO6S. The first-order valence-corrected chi connectivity index (χ1v) is 7.98. The third-order valence-electron chi connectivity index (χ3n) is 3.37. The lowest BCUT2D eigenvalue weighted by Crippen LogP contribution is -2.22. The van der Waals surface area contributed by atoms with Gasteiger partial charge in [0.15, 0.2) is 11.6 Å². The van der Waals surface area contributed by atoms with Gasteiger partial charge in [-0.15, -0.1) is 0 Å². The molecule has 23 heavy (non-hydrogen) atoms. The van der Waals surface area contributed by atoms with Crippen LogP contribution < -0.4 is 5.14 Å². The second-order valence-electron chi connectivity index (χ2n) is 4.96. The highest BCUT2D eigenvalue weighted by Gasteiger charge is 2.31. The Labute approximate surface area is 131 Å². The van der Waals surface area contributed by atoms with Crippen molar-refractivity contribution in [1.82, 2.24) is 0 Å². The summed E-state index contributed by atoms with van der Waals surface area (Å²) >= 11 is 0. The minimum atomic E-state index is -4.37. The zero-order chi connectivity index (χ0) is 17.5. The lowest BCUT2D eigenvalue weighted by molar-refractivity contribution is 0.0694. The van der Waals surface area contributed by atoms with Gasteiger partial charge in [0.25, 0.3) is 0 Å². The van der Waals surface area contributed by atoms with E-state index in [1.165, 1.54) is 24.3 Å². The lowest BCUT2D eigenvalue weighted by atomic mass is 9.90. The van der Waals surface area contributed by atoms with Crippen molar-refractivity contribution in [3.8, 4) is 0 Å². The van der Waals surface area contributed by atoms with Crippen LogP contribution in [0.1, 0.15) is 44.9 Å². The molecule has 0 amide bonds. The molecular weight excluding hydrogens is 322 g/mol. The molecule has 0 bridgehead atoms. The van der Waals surface area contributed by atoms with Gasteiger partial charge >= 0.3 is 5.97 Å². The van der Waals surface area contributed by atoms with Crippen LogP contribution in [0.5, 0.6) is 0 Å². The second kappa shape index (κ2) is 5.56. The Bertz CT molecular complexity index is 975. The number of aromatic carboxylic acids is 1. The molecule has 3 N–H and O–H groups in total. The van der Waals surface area contributed by atoms with Crippen LogP contribution in [0.25, 0.3) is 10.8 Å². The number of Topliss-reactive ketones (excluding diaryl/α,β-unsaturated/α-hetero) is 2. The number of carbonyl (C=O) groups is 3. The van der Waals surface area contributed by atoms with Crippen molar-refractivity contribution in [3.63, 3.8) is 0 Å². The van der Waals surface area contributed by atoms with Crippen molar-refractivity contribution in [2.45, 2.75) is 18.7 Å². The molecule has 0 heterocycles. The van der Waals surface area contributed by atoms with Crippen molar-refractivity contribution in [3.05, 3.63) is 41.0 Å². The Morgan fingerprint density at radius 3 is 1.78 bits per heavy atom. The Morgan fingerprint density at radius 2 is 1.39 bits per heavy atom. The normalized spacial score (nSPS) is 11.4. The SMILES string of the molecule is CC(=O)c1c(C(C)=O)c(S(N)(=O)=O)c2ccccc2c1C(=O)O. The monoisotopic (exact) mass is 335 g/mol. The van der Waals surface area contributed by atoms with E-state index in [0.29, 0.717) is 0 Å². The number of carboxylic acid groups (broad SMARTS) is 1. The molecule has 8 heteroatoms. The summed E-state index contributed by atoms with van der Waals surface area (Å²) in [5, 5.41) is 14.7. The van der Waals surface area contributed by atoms with Crippen LogP contribution in [0.15, 0.2) is 29.2 Å². The smallest absolute Gasteiger partial charge is 0.337 e. The van der Waals surface area contributed by atoms with Crippen LogP contribution >= 0.6 is 0 Å². The molecule has 0 saturated heterocycles. The third kappa shape index (κ3) is 2.73. The Balaban J connectivity index is 3.34. The van der Waals surface area contributed by atoms with E-state index in [9.17, 15) is 27.9 Å². The number of hydrogen-bond acceptors (Lipinski definition) is 5. The molecule has 0 aliphatic carbocycles. The van der Waals surface area contributed by atoms with Crippen LogP contribution in [0.4, 0.5) is 0 Å². The fourth-order valence-electron chi connectivity index (χ4n) is 2.61. The topological polar surface area (TPSA) is 132 Å². The number of fused-ring (bicyclic) bond motifs is 1. The van der Waals surface area contributed by atoms with E-state index in [-0.39, 0.29) is 10.8 Å². The Morgan fingerprint density at radius 1 is 0.913 bits per heavy atom. The van der Waals surface area contributed by atoms with Gasteiger partial charge in [-0.3, -0.25) is 9.59 Å². The van der Waals surface area contributed by atoms with Gasteiger partial charge in [0.1, 0.15) is 4.90 Å². The van der Waals surface area contributed by atoms with Crippen LogP contribution in [0, 0.1) is 0 Å². The predicted molar refractivity (Wildman–Crippen MR) is 82.3 cm³/mol. The highest BCUT2D eigenvalue weighted by molar-refractivity contribution is 7.89. The van der Waals surface area contributed by atoms with E-state index >= 15 is 0 Å². The summed E-state index contributed by atoms with van der Waals surface area (Å²) in [5.74, 6) is -2.93. The van der Waals surface area contributed by atoms with E-state index in [1.54, 1.807) is 0 Å². The van der Waals surface area contributed by atoms with E-state index < -0.39 is 49.1 Å².